The molecule has 0 saturated carbocycles. The topological polar surface area (TPSA) is 64.7 Å². The summed E-state index contributed by atoms with van der Waals surface area (Å²) in [5.74, 6) is 0.600. The third kappa shape index (κ3) is 3.83. The maximum atomic E-state index is 12.4. The fraction of sp³-hybridized carbons (Fsp3) is 0.417. The van der Waals surface area contributed by atoms with Gasteiger partial charge in [0.2, 0.25) is 0 Å². The molecule has 2 rings (SSSR count). The highest BCUT2D eigenvalue weighted by molar-refractivity contribution is 5.40. The third-order valence-corrected chi connectivity index (χ3v) is 2.80. The van der Waals surface area contributed by atoms with Gasteiger partial charge in [-0.25, -0.2) is 9.67 Å². The molecule has 1 N–H and O–H groups in total. The van der Waals surface area contributed by atoms with Crippen molar-refractivity contribution in [1.82, 2.24) is 19.3 Å². The molecule has 0 aromatic carbocycles. The van der Waals surface area contributed by atoms with E-state index in [1.54, 1.807) is 4.68 Å². The van der Waals surface area contributed by atoms with E-state index in [1.807, 2.05) is 6.92 Å². The van der Waals surface area contributed by atoms with Crippen molar-refractivity contribution in [2.75, 3.05) is 5.32 Å². The molecule has 0 unspecified atom stereocenters. The van der Waals surface area contributed by atoms with Crippen LogP contribution in [0.3, 0.4) is 0 Å². The van der Waals surface area contributed by atoms with E-state index < -0.39 is 18.3 Å². The number of nitrogens with zero attached hydrogens (tertiary/aromatic N) is 4. The van der Waals surface area contributed by atoms with E-state index in [1.165, 1.54) is 18.5 Å². The number of hydrogen-bond acceptors (Lipinski definition) is 4. The Kier molecular flexibility index (Phi) is 4.29. The first kappa shape index (κ1) is 15.1. The summed E-state index contributed by atoms with van der Waals surface area (Å²) in [6, 6.07) is 2.82. The molecule has 0 aliphatic carbocycles. The normalized spacial score (nSPS) is 11.6. The SMILES string of the molecule is CCn1ncnc1CNc1cccn(CC(F)(F)F)c1=O. The Balaban J connectivity index is 2.14. The standard InChI is InChI=1S/C12H14F3N5O/c1-2-20-10(17-8-18-20)6-16-9-4-3-5-19(11(9)21)7-12(13,14)15/h3-5,8,16H,2,6-7H2,1H3. The van der Waals surface area contributed by atoms with Gasteiger partial charge in [0, 0.05) is 12.7 Å². The van der Waals surface area contributed by atoms with Crippen LogP contribution in [0.25, 0.3) is 0 Å². The average Bonchev–Trinajstić information content (AvgIpc) is 2.85. The van der Waals surface area contributed by atoms with Gasteiger partial charge < -0.3 is 9.88 Å². The van der Waals surface area contributed by atoms with Gasteiger partial charge >= 0.3 is 6.18 Å². The number of aryl methyl sites for hydroxylation is 1. The molecule has 2 aromatic heterocycles. The minimum absolute atomic E-state index is 0.0902. The zero-order valence-corrected chi connectivity index (χ0v) is 11.3. The lowest BCUT2D eigenvalue weighted by atomic mass is 10.4. The number of rotatable bonds is 5. The monoisotopic (exact) mass is 301 g/mol. The van der Waals surface area contributed by atoms with Crippen molar-refractivity contribution in [3.05, 3.63) is 40.8 Å². The highest BCUT2D eigenvalue weighted by Crippen LogP contribution is 2.16. The number of alkyl halides is 3. The molecule has 0 spiro atoms. The Morgan fingerprint density at radius 1 is 1.38 bits per heavy atom. The largest absolute Gasteiger partial charge is 0.406 e. The Bertz CT molecular complexity index is 661. The minimum Gasteiger partial charge on any atom is -0.373 e. The first-order valence-corrected chi connectivity index (χ1v) is 6.27. The van der Waals surface area contributed by atoms with Crippen LogP contribution in [0, 0.1) is 0 Å². The molecule has 0 bridgehead atoms. The molecular weight excluding hydrogens is 287 g/mol. The van der Waals surface area contributed by atoms with E-state index in [2.05, 4.69) is 15.4 Å². The molecule has 0 saturated heterocycles. The molecule has 0 atom stereocenters. The smallest absolute Gasteiger partial charge is 0.373 e. The molecule has 114 valence electrons. The van der Waals surface area contributed by atoms with Gasteiger partial charge in [-0.05, 0) is 19.1 Å². The summed E-state index contributed by atoms with van der Waals surface area (Å²) in [6.45, 7) is 1.40. The zero-order valence-electron chi connectivity index (χ0n) is 11.3. The summed E-state index contributed by atoms with van der Waals surface area (Å²) < 4.78 is 39.3. The molecular formula is C12H14F3N5O. The first-order chi connectivity index (χ1) is 9.90. The van der Waals surface area contributed by atoms with Crippen LogP contribution in [0.4, 0.5) is 18.9 Å². The number of nitrogens with one attached hydrogen (secondary N) is 1. The highest BCUT2D eigenvalue weighted by Gasteiger charge is 2.28. The molecule has 2 aromatic rings. The third-order valence-electron chi connectivity index (χ3n) is 2.80. The van der Waals surface area contributed by atoms with Crippen LogP contribution < -0.4 is 10.9 Å². The van der Waals surface area contributed by atoms with Gasteiger partial charge in [0.05, 0.1) is 6.54 Å². The van der Waals surface area contributed by atoms with Gasteiger partial charge in [-0.2, -0.15) is 18.3 Å². The van der Waals surface area contributed by atoms with Gasteiger partial charge in [0.1, 0.15) is 24.4 Å². The zero-order chi connectivity index (χ0) is 15.5. The lowest BCUT2D eigenvalue weighted by Gasteiger charge is -2.11. The molecule has 0 amide bonds. The van der Waals surface area contributed by atoms with Crippen LogP contribution in [0.15, 0.2) is 29.5 Å². The maximum Gasteiger partial charge on any atom is 0.406 e. The summed E-state index contributed by atoms with van der Waals surface area (Å²) in [7, 11) is 0. The lowest BCUT2D eigenvalue weighted by molar-refractivity contribution is -0.141. The van der Waals surface area contributed by atoms with Crippen molar-refractivity contribution in [1.29, 1.82) is 0 Å². The molecule has 2 heterocycles. The van der Waals surface area contributed by atoms with Crippen molar-refractivity contribution in [3.63, 3.8) is 0 Å². The number of hydrogen-bond donors (Lipinski definition) is 1. The maximum absolute atomic E-state index is 12.4. The Morgan fingerprint density at radius 3 is 2.81 bits per heavy atom. The van der Waals surface area contributed by atoms with Crippen LogP contribution >= 0.6 is 0 Å². The van der Waals surface area contributed by atoms with Crippen molar-refractivity contribution in [2.24, 2.45) is 0 Å². The van der Waals surface area contributed by atoms with Gasteiger partial charge in [0.25, 0.3) is 5.56 Å². The van der Waals surface area contributed by atoms with Crippen molar-refractivity contribution >= 4 is 5.69 Å². The number of halogens is 3. The fourth-order valence-electron chi connectivity index (χ4n) is 1.85. The van der Waals surface area contributed by atoms with Gasteiger partial charge in [-0.1, -0.05) is 0 Å². The van der Waals surface area contributed by atoms with E-state index in [4.69, 9.17) is 0 Å². The summed E-state index contributed by atoms with van der Waals surface area (Å²) in [4.78, 5) is 15.9. The Hall–Kier alpha value is -2.32. The first-order valence-electron chi connectivity index (χ1n) is 6.27. The molecule has 0 fully saturated rings. The van der Waals surface area contributed by atoms with E-state index in [0.29, 0.717) is 16.9 Å². The van der Waals surface area contributed by atoms with E-state index in [-0.39, 0.29) is 12.2 Å². The number of aromatic nitrogens is 4. The Labute approximate surface area is 118 Å². The van der Waals surface area contributed by atoms with E-state index >= 15 is 0 Å². The van der Waals surface area contributed by atoms with Crippen molar-refractivity contribution in [3.8, 4) is 0 Å². The van der Waals surface area contributed by atoms with Crippen molar-refractivity contribution < 1.29 is 13.2 Å². The lowest BCUT2D eigenvalue weighted by Crippen LogP contribution is -2.29. The van der Waals surface area contributed by atoms with Gasteiger partial charge in [-0.3, -0.25) is 4.79 Å². The molecule has 21 heavy (non-hydrogen) atoms. The quantitative estimate of drug-likeness (QED) is 0.911. The number of anilines is 1. The van der Waals surface area contributed by atoms with Crippen LogP contribution in [0.1, 0.15) is 12.7 Å². The van der Waals surface area contributed by atoms with Gasteiger partial charge in [0.15, 0.2) is 0 Å². The van der Waals surface area contributed by atoms with E-state index in [9.17, 15) is 18.0 Å². The molecule has 6 nitrogen and oxygen atoms in total. The predicted molar refractivity (Wildman–Crippen MR) is 69.8 cm³/mol. The number of pyridine rings is 1. The van der Waals surface area contributed by atoms with Crippen LogP contribution in [0.2, 0.25) is 0 Å². The summed E-state index contributed by atoms with van der Waals surface area (Å²) in [6.07, 6.45) is -1.95. The highest BCUT2D eigenvalue weighted by atomic mass is 19.4. The summed E-state index contributed by atoms with van der Waals surface area (Å²) >= 11 is 0. The van der Waals surface area contributed by atoms with Crippen LogP contribution in [0.5, 0.6) is 0 Å². The van der Waals surface area contributed by atoms with Crippen LogP contribution in [-0.2, 0) is 19.6 Å². The molecule has 9 heteroatoms. The average molecular weight is 301 g/mol. The summed E-state index contributed by atoms with van der Waals surface area (Å²) in [5.41, 5.74) is -0.634. The second-order valence-corrected chi connectivity index (χ2v) is 4.32. The predicted octanol–water partition coefficient (Wildman–Crippen LogP) is 1.63. The Morgan fingerprint density at radius 2 is 2.14 bits per heavy atom. The molecule has 0 aliphatic heterocycles. The van der Waals surface area contributed by atoms with Crippen molar-refractivity contribution in [2.45, 2.75) is 32.7 Å². The van der Waals surface area contributed by atoms with E-state index in [0.717, 1.165) is 6.20 Å². The fourth-order valence-corrected chi connectivity index (χ4v) is 1.85. The van der Waals surface area contributed by atoms with Gasteiger partial charge in [-0.15, -0.1) is 0 Å². The molecule has 0 radical (unpaired) electrons. The second-order valence-electron chi connectivity index (χ2n) is 4.32. The van der Waals surface area contributed by atoms with Crippen LogP contribution in [-0.4, -0.2) is 25.5 Å². The molecule has 0 aliphatic rings. The second kappa shape index (κ2) is 5.98. The summed E-state index contributed by atoms with van der Waals surface area (Å²) in [5, 5.41) is 6.76. The minimum atomic E-state index is -4.44.